The van der Waals surface area contributed by atoms with Gasteiger partial charge in [-0.25, -0.2) is 14.2 Å². The number of anilines is 1. The lowest BCUT2D eigenvalue weighted by atomic mass is 10.2. The van der Waals surface area contributed by atoms with E-state index in [1.165, 1.54) is 12.1 Å². The maximum Gasteiger partial charge on any atom is 0.412 e. The molecule has 0 aliphatic carbocycles. The molecule has 0 unspecified atom stereocenters. The summed E-state index contributed by atoms with van der Waals surface area (Å²) in [6.45, 7) is 5.10. The third-order valence-electron chi connectivity index (χ3n) is 2.08. The molecule has 0 aliphatic heterocycles. The quantitative estimate of drug-likeness (QED) is 0.482. The lowest BCUT2D eigenvalue weighted by molar-refractivity contribution is 0.0635. The fourth-order valence-corrected chi connectivity index (χ4v) is 1.38. The molecule has 1 aromatic rings. The zero-order chi connectivity index (χ0) is 16.9. The summed E-state index contributed by atoms with van der Waals surface area (Å²) >= 11 is 0. The summed E-state index contributed by atoms with van der Waals surface area (Å²) in [5.74, 6) is -1.18. The Hall–Kier alpha value is -2.84. The van der Waals surface area contributed by atoms with Gasteiger partial charge in [0.25, 0.3) is 0 Å². The van der Waals surface area contributed by atoms with Crippen molar-refractivity contribution in [1.29, 1.82) is 0 Å². The van der Waals surface area contributed by atoms with Crippen LogP contribution in [0.15, 0.2) is 28.2 Å². The minimum atomic E-state index is -0.761. The molecule has 1 amide bonds. The van der Waals surface area contributed by atoms with Gasteiger partial charge in [-0.3, -0.25) is 5.32 Å². The van der Waals surface area contributed by atoms with Crippen molar-refractivity contribution in [3.63, 3.8) is 0 Å². The normalized spacial score (nSPS) is 11.7. The number of carbonyl (C=O) groups is 1. The number of benzene rings is 1. The Morgan fingerprint density at radius 3 is 2.41 bits per heavy atom. The van der Waals surface area contributed by atoms with E-state index in [0.717, 1.165) is 6.07 Å². The van der Waals surface area contributed by atoms with Gasteiger partial charge in [-0.1, -0.05) is 0 Å². The molecule has 0 aliphatic rings. The zero-order valence-corrected chi connectivity index (χ0v) is 12.6. The van der Waals surface area contributed by atoms with Crippen LogP contribution in [-0.2, 0) is 4.74 Å². The Bertz CT molecular complexity index is 617. The number of rotatable bonds is 2. The fraction of sp³-hybridized carbons (Fsp3) is 0.308. The first-order valence-electron chi connectivity index (χ1n) is 6.30. The topological polar surface area (TPSA) is 141 Å². The standard InChI is InChI=1S/C13H19FN6O2/c1-13(2,3)22-12(21)19-9-5-4-7(6-8(9)14)18-11(17)20-10(15)16/h4-6H,1-3H3,(H,19,21)(H6,15,16,17,18,20). The molecule has 22 heavy (non-hydrogen) atoms. The van der Waals surface area contributed by atoms with Crippen molar-refractivity contribution in [1.82, 2.24) is 0 Å². The van der Waals surface area contributed by atoms with Crippen LogP contribution in [0.4, 0.5) is 20.6 Å². The minimum Gasteiger partial charge on any atom is -0.444 e. The number of nitrogens with two attached hydrogens (primary N) is 3. The Morgan fingerprint density at radius 2 is 1.91 bits per heavy atom. The van der Waals surface area contributed by atoms with Crippen LogP contribution >= 0.6 is 0 Å². The number of nitrogens with zero attached hydrogens (tertiary/aromatic N) is 2. The van der Waals surface area contributed by atoms with E-state index in [1.807, 2.05) is 0 Å². The fourth-order valence-electron chi connectivity index (χ4n) is 1.38. The van der Waals surface area contributed by atoms with Gasteiger partial charge in [0, 0.05) is 6.07 Å². The summed E-state index contributed by atoms with van der Waals surface area (Å²) in [6, 6.07) is 3.83. The predicted molar refractivity (Wildman–Crippen MR) is 83.3 cm³/mol. The van der Waals surface area contributed by atoms with Gasteiger partial charge in [0.05, 0.1) is 11.4 Å². The maximum atomic E-state index is 13.9. The van der Waals surface area contributed by atoms with Gasteiger partial charge in [-0.05, 0) is 32.9 Å². The summed E-state index contributed by atoms with van der Waals surface area (Å²) < 4.78 is 18.9. The summed E-state index contributed by atoms with van der Waals surface area (Å²) in [4.78, 5) is 18.9. The number of ether oxygens (including phenoxy) is 1. The van der Waals surface area contributed by atoms with E-state index in [9.17, 15) is 9.18 Å². The third-order valence-corrected chi connectivity index (χ3v) is 2.08. The van der Waals surface area contributed by atoms with Gasteiger partial charge in [-0.15, -0.1) is 0 Å². The summed E-state index contributed by atoms with van der Waals surface area (Å²) in [5.41, 5.74) is 15.2. The van der Waals surface area contributed by atoms with Crippen LogP contribution in [0.2, 0.25) is 0 Å². The third kappa shape index (κ3) is 6.07. The Morgan fingerprint density at radius 1 is 1.27 bits per heavy atom. The molecule has 0 spiro atoms. The zero-order valence-electron chi connectivity index (χ0n) is 12.6. The van der Waals surface area contributed by atoms with E-state index in [4.69, 9.17) is 21.9 Å². The van der Waals surface area contributed by atoms with E-state index in [0.29, 0.717) is 0 Å². The number of aliphatic imine (C=N–C) groups is 2. The second kappa shape index (κ2) is 6.74. The second-order valence-corrected chi connectivity index (χ2v) is 5.30. The highest BCUT2D eigenvalue weighted by atomic mass is 19.1. The van der Waals surface area contributed by atoms with E-state index in [-0.39, 0.29) is 23.3 Å². The van der Waals surface area contributed by atoms with Crippen LogP contribution < -0.4 is 22.5 Å². The Labute approximate surface area is 127 Å². The van der Waals surface area contributed by atoms with Gasteiger partial charge in [0.15, 0.2) is 5.96 Å². The lowest BCUT2D eigenvalue weighted by Gasteiger charge is -2.19. The number of nitrogens with one attached hydrogen (secondary N) is 1. The maximum absolute atomic E-state index is 13.9. The molecular formula is C13H19FN6O2. The summed E-state index contributed by atoms with van der Waals surface area (Å²) in [6.07, 6.45) is -0.761. The van der Waals surface area contributed by atoms with E-state index in [2.05, 4.69) is 15.3 Å². The van der Waals surface area contributed by atoms with Crippen LogP contribution in [0.1, 0.15) is 20.8 Å². The average Bonchev–Trinajstić information content (AvgIpc) is 2.29. The molecule has 0 saturated carbocycles. The summed E-state index contributed by atoms with van der Waals surface area (Å²) in [7, 11) is 0. The molecule has 0 bridgehead atoms. The largest absolute Gasteiger partial charge is 0.444 e. The highest BCUT2D eigenvalue weighted by molar-refractivity contribution is 5.93. The first-order valence-corrected chi connectivity index (χ1v) is 6.30. The molecule has 0 aromatic heterocycles. The number of amides is 1. The SMILES string of the molecule is CC(C)(C)OC(=O)Nc1ccc(N=C(N)N=C(N)N)cc1F. The van der Waals surface area contributed by atoms with Gasteiger partial charge >= 0.3 is 6.09 Å². The molecule has 0 heterocycles. The smallest absolute Gasteiger partial charge is 0.412 e. The van der Waals surface area contributed by atoms with Crippen molar-refractivity contribution in [2.24, 2.45) is 27.2 Å². The molecule has 9 heteroatoms. The Kier molecular flexibility index (Phi) is 5.28. The van der Waals surface area contributed by atoms with Gasteiger partial charge in [-0.2, -0.15) is 4.99 Å². The molecule has 8 nitrogen and oxygen atoms in total. The van der Waals surface area contributed by atoms with E-state index >= 15 is 0 Å². The molecule has 1 rings (SSSR count). The van der Waals surface area contributed by atoms with Gasteiger partial charge in [0.1, 0.15) is 11.4 Å². The van der Waals surface area contributed by atoms with Crippen molar-refractivity contribution in [2.75, 3.05) is 5.32 Å². The van der Waals surface area contributed by atoms with Gasteiger partial charge < -0.3 is 21.9 Å². The van der Waals surface area contributed by atoms with Crippen molar-refractivity contribution in [3.05, 3.63) is 24.0 Å². The number of guanidine groups is 2. The van der Waals surface area contributed by atoms with Crippen molar-refractivity contribution < 1.29 is 13.9 Å². The molecule has 120 valence electrons. The van der Waals surface area contributed by atoms with Crippen LogP contribution in [-0.4, -0.2) is 23.6 Å². The predicted octanol–water partition coefficient (Wildman–Crippen LogP) is 1.39. The monoisotopic (exact) mass is 310 g/mol. The molecule has 1 aromatic carbocycles. The second-order valence-electron chi connectivity index (χ2n) is 5.30. The lowest BCUT2D eigenvalue weighted by Crippen LogP contribution is -2.27. The molecule has 0 atom stereocenters. The molecule has 7 N–H and O–H groups in total. The molecular weight excluding hydrogens is 291 g/mol. The van der Waals surface area contributed by atoms with E-state index in [1.54, 1.807) is 20.8 Å². The highest BCUT2D eigenvalue weighted by Crippen LogP contribution is 2.22. The number of hydrogen-bond donors (Lipinski definition) is 4. The minimum absolute atomic E-state index is 0.0476. The number of hydrogen-bond acceptors (Lipinski definition) is 3. The van der Waals surface area contributed by atoms with Crippen LogP contribution in [0.25, 0.3) is 0 Å². The average molecular weight is 310 g/mol. The molecule has 0 saturated heterocycles. The van der Waals surface area contributed by atoms with Crippen LogP contribution in [0.3, 0.4) is 0 Å². The molecule has 0 fully saturated rings. The van der Waals surface area contributed by atoms with Crippen molar-refractivity contribution in [3.8, 4) is 0 Å². The van der Waals surface area contributed by atoms with Crippen molar-refractivity contribution >= 4 is 29.4 Å². The molecule has 0 radical (unpaired) electrons. The van der Waals surface area contributed by atoms with Crippen molar-refractivity contribution in [2.45, 2.75) is 26.4 Å². The number of halogens is 1. The highest BCUT2D eigenvalue weighted by Gasteiger charge is 2.17. The van der Waals surface area contributed by atoms with Gasteiger partial charge in [0.2, 0.25) is 5.96 Å². The first-order chi connectivity index (χ1) is 10.1. The summed E-state index contributed by atoms with van der Waals surface area (Å²) in [5, 5.41) is 2.30. The number of carbonyl (C=O) groups excluding carboxylic acids is 1. The first kappa shape index (κ1) is 17.2. The van der Waals surface area contributed by atoms with E-state index < -0.39 is 17.5 Å². The van der Waals surface area contributed by atoms with Crippen LogP contribution in [0.5, 0.6) is 0 Å². The van der Waals surface area contributed by atoms with Crippen LogP contribution in [0, 0.1) is 5.82 Å². The Balaban J connectivity index is 2.87.